The summed E-state index contributed by atoms with van der Waals surface area (Å²) >= 11 is 0. The van der Waals surface area contributed by atoms with Crippen molar-refractivity contribution in [2.45, 2.75) is 6.18 Å². The number of ether oxygens (including phenoxy) is 3. The second-order valence-electron chi connectivity index (χ2n) is 6.24. The second kappa shape index (κ2) is 11.0. The first kappa shape index (κ1) is 24.5. The van der Waals surface area contributed by atoms with Crippen molar-refractivity contribution < 1.29 is 41.8 Å². The summed E-state index contributed by atoms with van der Waals surface area (Å²) in [6, 6.07) is 7.28. The van der Waals surface area contributed by atoms with Gasteiger partial charge >= 0.3 is 18.2 Å². The van der Waals surface area contributed by atoms with E-state index in [1.807, 2.05) is 0 Å². The first-order valence-electron chi connectivity index (χ1n) is 9.06. The SMILES string of the molecule is COCCOc1ccc(C(F)(F)F)cc1NC(=O)COC(=O)c1ccc(NC(N)=O)cc1. The number of hydrogen-bond acceptors (Lipinski definition) is 6. The lowest BCUT2D eigenvalue weighted by molar-refractivity contribution is -0.137. The van der Waals surface area contributed by atoms with Gasteiger partial charge in [-0.1, -0.05) is 0 Å². The van der Waals surface area contributed by atoms with E-state index in [1.165, 1.54) is 31.4 Å². The van der Waals surface area contributed by atoms with Gasteiger partial charge in [0, 0.05) is 12.8 Å². The zero-order valence-electron chi connectivity index (χ0n) is 16.8. The van der Waals surface area contributed by atoms with Crippen LogP contribution in [0.1, 0.15) is 15.9 Å². The van der Waals surface area contributed by atoms with E-state index >= 15 is 0 Å². The van der Waals surface area contributed by atoms with Gasteiger partial charge < -0.3 is 30.6 Å². The van der Waals surface area contributed by atoms with Gasteiger partial charge in [-0.3, -0.25) is 4.79 Å². The molecule has 0 radical (unpaired) electrons. The van der Waals surface area contributed by atoms with E-state index < -0.39 is 36.3 Å². The third-order valence-corrected chi connectivity index (χ3v) is 3.85. The van der Waals surface area contributed by atoms with Gasteiger partial charge in [-0.25, -0.2) is 9.59 Å². The predicted molar refractivity (Wildman–Crippen MR) is 107 cm³/mol. The number of carbonyl (C=O) groups excluding carboxylic acids is 3. The Balaban J connectivity index is 2.02. The average molecular weight is 455 g/mol. The number of rotatable bonds is 9. The smallest absolute Gasteiger partial charge is 0.416 e. The lowest BCUT2D eigenvalue weighted by Gasteiger charge is -2.15. The molecule has 2 aromatic rings. The summed E-state index contributed by atoms with van der Waals surface area (Å²) in [4.78, 5) is 35.0. The molecule has 0 aliphatic carbocycles. The average Bonchev–Trinajstić information content (AvgIpc) is 2.72. The van der Waals surface area contributed by atoms with Crippen LogP contribution >= 0.6 is 0 Å². The fourth-order valence-electron chi connectivity index (χ4n) is 2.40. The number of primary amides is 1. The standard InChI is InChI=1S/C20H20F3N3O6/c1-30-8-9-31-16-7-4-13(20(21,22)23)10-15(16)26-17(27)11-32-18(28)12-2-5-14(6-3-12)25-19(24)29/h2-7,10H,8-9,11H2,1H3,(H,26,27)(H3,24,25,29). The minimum atomic E-state index is -4.63. The van der Waals surface area contributed by atoms with Crippen LogP contribution in [0, 0.1) is 0 Å². The number of halogens is 3. The molecular weight excluding hydrogens is 435 g/mol. The Bertz CT molecular complexity index is 964. The van der Waals surface area contributed by atoms with Crippen molar-refractivity contribution in [2.24, 2.45) is 5.73 Å². The summed E-state index contributed by atoms with van der Waals surface area (Å²) in [5.41, 5.74) is 4.18. The van der Waals surface area contributed by atoms with Crippen molar-refractivity contribution in [3.63, 3.8) is 0 Å². The molecule has 0 saturated heterocycles. The Morgan fingerprint density at radius 1 is 1.00 bits per heavy atom. The van der Waals surface area contributed by atoms with Crippen LogP contribution in [-0.2, 0) is 20.4 Å². The number of benzene rings is 2. The molecule has 32 heavy (non-hydrogen) atoms. The van der Waals surface area contributed by atoms with Crippen molar-refractivity contribution in [1.29, 1.82) is 0 Å². The van der Waals surface area contributed by atoms with Gasteiger partial charge in [0.15, 0.2) is 6.61 Å². The van der Waals surface area contributed by atoms with Gasteiger partial charge in [0.05, 0.1) is 23.4 Å². The number of amides is 3. The van der Waals surface area contributed by atoms with E-state index in [0.29, 0.717) is 11.8 Å². The molecule has 0 spiro atoms. The minimum absolute atomic E-state index is 0.00716. The normalized spacial score (nSPS) is 10.9. The zero-order chi connectivity index (χ0) is 23.7. The Kier molecular flexibility index (Phi) is 8.41. The molecule has 172 valence electrons. The number of hydrogen-bond donors (Lipinski definition) is 3. The number of methoxy groups -OCH3 is 1. The number of alkyl halides is 3. The van der Waals surface area contributed by atoms with Crippen LogP contribution in [0.5, 0.6) is 5.75 Å². The van der Waals surface area contributed by atoms with Crippen LogP contribution < -0.4 is 21.1 Å². The third kappa shape index (κ3) is 7.47. The molecule has 3 amide bonds. The number of carbonyl (C=O) groups is 3. The molecule has 0 saturated carbocycles. The quantitative estimate of drug-likeness (QED) is 0.394. The molecule has 4 N–H and O–H groups in total. The number of urea groups is 1. The van der Waals surface area contributed by atoms with E-state index in [0.717, 1.165) is 12.1 Å². The minimum Gasteiger partial charge on any atom is -0.489 e. The summed E-state index contributed by atoms with van der Waals surface area (Å²) in [6.45, 7) is -0.534. The molecule has 0 aromatic heterocycles. The van der Waals surface area contributed by atoms with Gasteiger partial charge in [-0.05, 0) is 42.5 Å². The summed E-state index contributed by atoms with van der Waals surface area (Å²) < 4.78 is 54.0. The summed E-state index contributed by atoms with van der Waals surface area (Å²) in [5.74, 6) is -1.74. The van der Waals surface area contributed by atoms with Crippen LogP contribution in [0.3, 0.4) is 0 Å². The van der Waals surface area contributed by atoms with Gasteiger partial charge in [0.2, 0.25) is 0 Å². The van der Waals surface area contributed by atoms with Crippen molar-refractivity contribution in [3.8, 4) is 5.75 Å². The predicted octanol–water partition coefficient (Wildman–Crippen LogP) is 3.02. The highest BCUT2D eigenvalue weighted by atomic mass is 19.4. The maximum Gasteiger partial charge on any atom is 0.416 e. The van der Waals surface area contributed by atoms with Crippen molar-refractivity contribution >= 4 is 29.3 Å². The van der Waals surface area contributed by atoms with Crippen molar-refractivity contribution in [3.05, 3.63) is 53.6 Å². The van der Waals surface area contributed by atoms with E-state index in [1.54, 1.807) is 0 Å². The molecule has 0 unspecified atom stereocenters. The van der Waals surface area contributed by atoms with Crippen LogP contribution in [-0.4, -0.2) is 44.8 Å². The number of nitrogens with two attached hydrogens (primary N) is 1. The molecule has 2 rings (SSSR count). The Labute approximate surface area is 180 Å². The monoisotopic (exact) mass is 455 g/mol. The van der Waals surface area contributed by atoms with Gasteiger partial charge in [-0.15, -0.1) is 0 Å². The van der Waals surface area contributed by atoms with E-state index in [9.17, 15) is 27.6 Å². The maximum atomic E-state index is 13.0. The number of esters is 1. The van der Waals surface area contributed by atoms with Crippen LogP contribution in [0.25, 0.3) is 0 Å². The summed E-state index contributed by atoms with van der Waals surface area (Å²) in [7, 11) is 1.43. The second-order valence-corrected chi connectivity index (χ2v) is 6.24. The first-order chi connectivity index (χ1) is 15.1. The molecule has 0 atom stereocenters. The van der Waals surface area contributed by atoms with Crippen LogP contribution in [0.2, 0.25) is 0 Å². The maximum absolute atomic E-state index is 13.0. The molecule has 12 heteroatoms. The molecular formula is C20H20F3N3O6. The summed E-state index contributed by atoms with van der Waals surface area (Å²) in [6.07, 6.45) is -4.63. The molecule has 9 nitrogen and oxygen atoms in total. The highest BCUT2D eigenvalue weighted by molar-refractivity contribution is 5.96. The number of nitrogens with one attached hydrogen (secondary N) is 2. The highest BCUT2D eigenvalue weighted by Gasteiger charge is 2.31. The molecule has 2 aromatic carbocycles. The van der Waals surface area contributed by atoms with E-state index in [4.69, 9.17) is 19.9 Å². The molecule has 0 fully saturated rings. The molecule has 0 aliphatic rings. The Morgan fingerprint density at radius 2 is 1.69 bits per heavy atom. The van der Waals surface area contributed by atoms with Crippen molar-refractivity contribution in [1.82, 2.24) is 0 Å². The summed E-state index contributed by atoms with van der Waals surface area (Å²) in [5, 5.41) is 4.55. The van der Waals surface area contributed by atoms with Gasteiger partial charge in [0.25, 0.3) is 5.91 Å². The van der Waals surface area contributed by atoms with Crippen LogP contribution in [0.4, 0.5) is 29.3 Å². The fraction of sp³-hybridized carbons (Fsp3) is 0.250. The fourth-order valence-corrected chi connectivity index (χ4v) is 2.40. The zero-order valence-corrected chi connectivity index (χ0v) is 16.8. The molecule has 0 bridgehead atoms. The third-order valence-electron chi connectivity index (χ3n) is 3.85. The lowest BCUT2D eigenvalue weighted by atomic mass is 10.1. The molecule has 0 heterocycles. The number of anilines is 2. The Hall–Kier alpha value is -3.80. The Morgan fingerprint density at radius 3 is 2.28 bits per heavy atom. The van der Waals surface area contributed by atoms with E-state index in [2.05, 4.69) is 10.6 Å². The van der Waals surface area contributed by atoms with Gasteiger partial charge in [-0.2, -0.15) is 13.2 Å². The topological polar surface area (TPSA) is 129 Å². The van der Waals surface area contributed by atoms with Crippen LogP contribution in [0.15, 0.2) is 42.5 Å². The largest absolute Gasteiger partial charge is 0.489 e. The highest BCUT2D eigenvalue weighted by Crippen LogP contribution is 2.35. The van der Waals surface area contributed by atoms with Crippen molar-refractivity contribution in [2.75, 3.05) is 37.6 Å². The van der Waals surface area contributed by atoms with E-state index in [-0.39, 0.29) is 30.2 Å². The molecule has 0 aliphatic heterocycles. The lowest BCUT2D eigenvalue weighted by Crippen LogP contribution is -2.22. The first-order valence-corrected chi connectivity index (χ1v) is 9.06. The van der Waals surface area contributed by atoms with Gasteiger partial charge in [0.1, 0.15) is 12.4 Å².